The summed E-state index contributed by atoms with van der Waals surface area (Å²) in [6.45, 7) is 1.53. The summed E-state index contributed by atoms with van der Waals surface area (Å²) in [5, 5.41) is 5.99. The molecule has 3 rings (SSSR count). The molecule has 0 bridgehead atoms. The number of carbonyl (C=O) groups excluding carboxylic acids is 1. The fourth-order valence-corrected chi connectivity index (χ4v) is 4.90. The molecule has 0 aromatic heterocycles. The van der Waals surface area contributed by atoms with Crippen LogP contribution in [0.1, 0.15) is 24.0 Å². The first-order valence-electron chi connectivity index (χ1n) is 9.69. The highest BCUT2D eigenvalue weighted by molar-refractivity contribution is 7.95. The third-order valence-electron chi connectivity index (χ3n) is 4.89. The predicted octanol–water partition coefficient (Wildman–Crippen LogP) is 3.32. The van der Waals surface area contributed by atoms with Crippen LogP contribution in [-0.4, -0.2) is 33.0 Å². The van der Waals surface area contributed by atoms with Crippen LogP contribution in [0.5, 0.6) is 0 Å². The van der Waals surface area contributed by atoms with Gasteiger partial charge in [0.1, 0.15) is 12.0 Å². The Balaban J connectivity index is 1.71. The van der Waals surface area contributed by atoms with E-state index in [1.807, 2.05) is 60.7 Å². The molecule has 154 valence electrons. The van der Waals surface area contributed by atoms with Crippen LogP contribution in [0.25, 0.3) is 6.08 Å². The summed E-state index contributed by atoms with van der Waals surface area (Å²) in [7, 11) is -3.72. The van der Waals surface area contributed by atoms with Crippen molar-refractivity contribution in [2.24, 2.45) is 5.92 Å². The number of hydrogen-bond acceptors (Lipinski definition) is 5. The standard InChI is InChI=1S/C22H26N2O4S/c25-22(28-17-19-9-5-2-6-10-19)24-21(20-11-14-23-15-12-20)29(26,27)16-13-18-7-3-1-4-8-18/h1-10,13,16,20-21,23H,11-12,14-15,17H2,(H,24,25). The molecule has 1 saturated heterocycles. The zero-order valence-electron chi connectivity index (χ0n) is 16.2. The zero-order chi connectivity index (χ0) is 20.5. The molecule has 1 aliphatic heterocycles. The van der Waals surface area contributed by atoms with Crippen LogP contribution in [0, 0.1) is 5.92 Å². The van der Waals surface area contributed by atoms with Crippen LogP contribution < -0.4 is 10.6 Å². The number of ether oxygens (including phenoxy) is 1. The van der Waals surface area contributed by atoms with Crippen LogP contribution in [0.15, 0.2) is 66.1 Å². The molecule has 2 aromatic carbocycles. The summed E-state index contributed by atoms with van der Waals surface area (Å²) in [5.74, 6) is -0.175. The van der Waals surface area contributed by atoms with E-state index in [0.29, 0.717) is 12.8 Å². The van der Waals surface area contributed by atoms with Crippen LogP contribution in [-0.2, 0) is 21.2 Å². The number of sulfone groups is 1. The van der Waals surface area contributed by atoms with Crippen molar-refractivity contribution < 1.29 is 17.9 Å². The van der Waals surface area contributed by atoms with Gasteiger partial charge in [0, 0.05) is 5.41 Å². The lowest BCUT2D eigenvalue weighted by atomic mass is 9.98. The van der Waals surface area contributed by atoms with Crippen molar-refractivity contribution >= 4 is 22.0 Å². The minimum Gasteiger partial charge on any atom is -0.445 e. The van der Waals surface area contributed by atoms with Crippen molar-refractivity contribution in [1.82, 2.24) is 10.6 Å². The van der Waals surface area contributed by atoms with Crippen molar-refractivity contribution in [3.8, 4) is 0 Å². The topological polar surface area (TPSA) is 84.5 Å². The van der Waals surface area contributed by atoms with E-state index in [0.717, 1.165) is 24.2 Å². The van der Waals surface area contributed by atoms with Gasteiger partial charge in [-0.1, -0.05) is 60.7 Å². The Hall–Kier alpha value is -2.64. The van der Waals surface area contributed by atoms with E-state index in [1.54, 1.807) is 6.08 Å². The summed E-state index contributed by atoms with van der Waals surface area (Å²) in [5.41, 5.74) is 1.62. The number of amides is 1. The molecule has 1 fully saturated rings. The largest absolute Gasteiger partial charge is 0.445 e. The number of alkyl carbamates (subject to hydrolysis) is 1. The average molecular weight is 415 g/mol. The molecule has 0 radical (unpaired) electrons. The third-order valence-corrected chi connectivity index (χ3v) is 6.61. The highest BCUT2D eigenvalue weighted by Gasteiger charge is 2.34. The van der Waals surface area contributed by atoms with Crippen LogP contribution in [0.4, 0.5) is 4.79 Å². The molecular weight excluding hydrogens is 388 g/mol. The van der Waals surface area contributed by atoms with Crippen LogP contribution in [0.3, 0.4) is 0 Å². The number of rotatable bonds is 7. The lowest BCUT2D eigenvalue weighted by Gasteiger charge is -2.30. The third kappa shape index (κ3) is 6.44. The van der Waals surface area contributed by atoms with Crippen molar-refractivity contribution in [1.29, 1.82) is 0 Å². The predicted molar refractivity (Wildman–Crippen MR) is 114 cm³/mol. The van der Waals surface area contributed by atoms with E-state index in [1.165, 1.54) is 5.41 Å². The molecule has 2 aromatic rings. The van der Waals surface area contributed by atoms with Gasteiger partial charge in [-0.2, -0.15) is 0 Å². The maximum Gasteiger partial charge on any atom is 0.408 e. The summed E-state index contributed by atoms with van der Waals surface area (Å²) < 4.78 is 31.3. The molecule has 1 aliphatic rings. The van der Waals surface area contributed by atoms with Crippen LogP contribution in [0.2, 0.25) is 0 Å². The number of benzene rings is 2. The monoisotopic (exact) mass is 414 g/mol. The number of hydrogen-bond donors (Lipinski definition) is 2. The van der Waals surface area contributed by atoms with Gasteiger partial charge in [0.05, 0.1) is 0 Å². The molecule has 6 nitrogen and oxygen atoms in total. The van der Waals surface area contributed by atoms with Gasteiger partial charge in [-0.3, -0.25) is 0 Å². The smallest absolute Gasteiger partial charge is 0.408 e. The molecule has 1 atom stereocenters. The highest BCUT2D eigenvalue weighted by Crippen LogP contribution is 2.22. The molecular formula is C22H26N2O4S. The Morgan fingerprint density at radius 2 is 1.69 bits per heavy atom. The second kappa shape index (κ2) is 10.2. The molecule has 1 unspecified atom stereocenters. The summed E-state index contributed by atoms with van der Waals surface area (Å²) >= 11 is 0. The van der Waals surface area contributed by atoms with Crippen LogP contribution >= 0.6 is 0 Å². The van der Waals surface area contributed by atoms with E-state index >= 15 is 0 Å². The van der Waals surface area contributed by atoms with Gasteiger partial charge in [-0.15, -0.1) is 0 Å². The van der Waals surface area contributed by atoms with Gasteiger partial charge < -0.3 is 15.4 Å². The first-order chi connectivity index (χ1) is 14.0. The van der Waals surface area contributed by atoms with Crippen molar-refractivity contribution in [2.75, 3.05) is 13.1 Å². The molecule has 29 heavy (non-hydrogen) atoms. The van der Waals surface area contributed by atoms with Gasteiger partial charge in [0.2, 0.25) is 0 Å². The van der Waals surface area contributed by atoms with Crippen molar-refractivity contribution in [3.63, 3.8) is 0 Å². The van der Waals surface area contributed by atoms with Gasteiger partial charge in [-0.05, 0) is 49.1 Å². The summed E-state index contributed by atoms with van der Waals surface area (Å²) in [6.07, 6.45) is 2.17. The SMILES string of the molecule is O=C(NC(C1CCNCC1)S(=O)(=O)C=Cc1ccccc1)OCc1ccccc1. The Labute approximate surface area is 171 Å². The van der Waals surface area contributed by atoms with Gasteiger partial charge in [-0.25, -0.2) is 13.2 Å². The fourth-order valence-electron chi connectivity index (χ4n) is 3.32. The van der Waals surface area contributed by atoms with E-state index < -0.39 is 21.3 Å². The fraction of sp³-hybridized carbons (Fsp3) is 0.318. The average Bonchev–Trinajstić information content (AvgIpc) is 2.76. The molecule has 0 spiro atoms. The lowest BCUT2D eigenvalue weighted by Crippen LogP contribution is -2.48. The zero-order valence-corrected chi connectivity index (χ0v) is 17.0. The maximum absolute atomic E-state index is 13.0. The first-order valence-corrected chi connectivity index (χ1v) is 11.3. The summed E-state index contributed by atoms with van der Waals surface area (Å²) in [6, 6.07) is 18.5. The Bertz CT molecular complexity index is 908. The van der Waals surface area contributed by atoms with E-state index in [4.69, 9.17) is 4.74 Å². The molecule has 0 saturated carbocycles. The number of carbonyl (C=O) groups is 1. The first kappa shape index (κ1) is 21.1. The Morgan fingerprint density at radius 3 is 2.34 bits per heavy atom. The van der Waals surface area contributed by atoms with E-state index in [9.17, 15) is 13.2 Å². The van der Waals surface area contributed by atoms with E-state index in [-0.39, 0.29) is 12.5 Å². The van der Waals surface area contributed by atoms with Gasteiger partial charge in [0.25, 0.3) is 0 Å². The molecule has 1 amide bonds. The summed E-state index contributed by atoms with van der Waals surface area (Å²) in [4.78, 5) is 12.4. The Morgan fingerprint density at radius 1 is 1.07 bits per heavy atom. The minimum absolute atomic E-state index is 0.0888. The quantitative estimate of drug-likeness (QED) is 0.726. The molecule has 7 heteroatoms. The minimum atomic E-state index is -3.72. The second-order valence-electron chi connectivity index (χ2n) is 7.02. The number of nitrogens with one attached hydrogen (secondary N) is 2. The normalized spacial score (nSPS) is 16.4. The second-order valence-corrected chi connectivity index (χ2v) is 8.97. The van der Waals surface area contributed by atoms with Gasteiger partial charge in [0.15, 0.2) is 9.84 Å². The van der Waals surface area contributed by atoms with Crippen molar-refractivity contribution in [2.45, 2.75) is 24.8 Å². The lowest BCUT2D eigenvalue weighted by molar-refractivity contribution is 0.134. The number of piperidine rings is 1. The molecule has 0 aliphatic carbocycles. The molecule has 1 heterocycles. The Kier molecular flexibility index (Phi) is 7.43. The highest BCUT2D eigenvalue weighted by atomic mass is 32.2. The van der Waals surface area contributed by atoms with E-state index in [2.05, 4.69) is 10.6 Å². The maximum atomic E-state index is 13.0. The van der Waals surface area contributed by atoms with Crippen molar-refractivity contribution in [3.05, 3.63) is 77.2 Å². The van der Waals surface area contributed by atoms with Gasteiger partial charge >= 0.3 is 6.09 Å². The molecule has 2 N–H and O–H groups in total.